The lowest BCUT2D eigenvalue weighted by atomic mass is 9.32. The molecule has 0 amide bonds. The lowest BCUT2D eigenvalue weighted by molar-refractivity contribution is 0.457. The molecule has 1 aliphatic carbocycles. The molecule has 2 unspecified atom stereocenters. The zero-order valence-corrected chi connectivity index (χ0v) is 42.4. The van der Waals surface area contributed by atoms with Gasteiger partial charge in [0.1, 0.15) is 46.0 Å². The Bertz CT molecular complexity index is 4820. The van der Waals surface area contributed by atoms with Crippen LogP contribution in [0.1, 0.15) is 37.2 Å². The highest BCUT2D eigenvalue weighted by Crippen LogP contribution is 2.56. The monoisotopic (exact) mass is 1010 g/mol. The second-order valence-electron chi connectivity index (χ2n) is 21.5. The Morgan fingerprint density at radius 1 is 0.408 bits per heavy atom. The minimum absolute atomic E-state index is 0.158. The first-order chi connectivity index (χ1) is 37.7. The van der Waals surface area contributed by atoms with Crippen molar-refractivity contribution in [2.24, 2.45) is 0 Å². The molecular formula is C66H40B2N2O4S2. The minimum Gasteiger partial charge on any atom is -0.458 e. The van der Waals surface area contributed by atoms with Gasteiger partial charge in [-0.1, -0.05) is 116 Å². The van der Waals surface area contributed by atoms with Crippen LogP contribution in [0.25, 0.3) is 75.2 Å². The van der Waals surface area contributed by atoms with Crippen LogP contribution in [0.15, 0.2) is 187 Å². The third-order valence-electron chi connectivity index (χ3n) is 17.7. The summed E-state index contributed by atoms with van der Waals surface area (Å²) in [6.07, 6.45) is 5.10. The van der Waals surface area contributed by atoms with Gasteiger partial charge in [-0.05, 0) is 101 Å². The summed E-state index contributed by atoms with van der Waals surface area (Å²) in [4.78, 5) is 1.44. The van der Waals surface area contributed by atoms with Gasteiger partial charge in [0.25, 0.3) is 13.4 Å². The topological polar surface area (TPSA) is 46.8 Å². The maximum absolute atomic E-state index is 7.39. The van der Waals surface area contributed by atoms with Gasteiger partial charge in [0.05, 0.1) is 33.4 Å². The predicted molar refractivity (Wildman–Crippen MR) is 314 cm³/mol. The van der Waals surface area contributed by atoms with E-state index in [0.717, 1.165) is 95.7 Å². The maximum Gasteiger partial charge on any atom is 0.260 e. The fourth-order valence-electron chi connectivity index (χ4n) is 14.7. The Balaban J connectivity index is 0.819. The molecule has 356 valence electrons. The van der Waals surface area contributed by atoms with E-state index in [4.69, 9.17) is 18.9 Å². The van der Waals surface area contributed by atoms with Crippen LogP contribution in [0.3, 0.4) is 0 Å². The van der Waals surface area contributed by atoms with Crippen molar-refractivity contribution in [1.29, 1.82) is 0 Å². The standard InChI is InChI=1S/C66H40B2N2O4S2/c1-7-19-47-37(13-1)39-25-27-59-61(41-15-3-11-23-57(41)75-59)65(39)69(47)35-29-53-63-55(31-35)73-51-33-46-52(34-45(51)67(63)43-17-5-9-21-49(43)71-53)74-56-32-36(30-54-64(56)68(46)44-18-6-10-22-50(44)72-54)70-48-20-8-2-14-38(48)40-26-28-60-62(66(40)70)42-16-4-12-24-58(42)76-60/h1-3,5-11,13-15,17-23,25-34,42,58H,4,12,16,24H2. The zero-order valence-electron chi connectivity index (χ0n) is 40.8. The van der Waals surface area contributed by atoms with Gasteiger partial charge in [-0.15, -0.1) is 23.1 Å². The van der Waals surface area contributed by atoms with E-state index in [1.165, 1.54) is 94.4 Å². The van der Waals surface area contributed by atoms with Crippen LogP contribution in [-0.2, 0) is 0 Å². The number of hydrogen-bond acceptors (Lipinski definition) is 6. The van der Waals surface area contributed by atoms with Gasteiger partial charge in [0.15, 0.2) is 0 Å². The molecule has 13 aromatic rings. The van der Waals surface area contributed by atoms with Crippen molar-refractivity contribution < 1.29 is 18.9 Å². The van der Waals surface area contributed by atoms with Gasteiger partial charge in [-0.25, -0.2) is 0 Å². The molecule has 76 heavy (non-hydrogen) atoms. The molecule has 10 heteroatoms. The number of hydrogen-bond donors (Lipinski definition) is 0. The van der Waals surface area contributed by atoms with E-state index in [2.05, 4.69) is 203 Å². The highest BCUT2D eigenvalue weighted by atomic mass is 32.2. The first-order valence-electron chi connectivity index (χ1n) is 26.7. The first-order valence-corrected chi connectivity index (χ1v) is 28.4. The van der Waals surface area contributed by atoms with E-state index >= 15 is 0 Å². The fraction of sp³-hybridized carbons (Fsp3) is 0.0909. The zero-order chi connectivity index (χ0) is 49.1. The molecule has 6 aliphatic rings. The molecule has 8 heterocycles. The first kappa shape index (κ1) is 41.0. The van der Waals surface area contributed by atoms with Crippen molar-refractivity contribution in [3.8, 4) is 57.4 Å². The highest BCUT2D eigenvalue weighted by molar-refractivity contribution is 8.00. The van der Waals surface area contributed by atoms with Crippen LogP contribution < -0.4 is 51.7 Å². The van der Waals surface area contributed by atoms with Gasteiger partial charge in [-0.3, -0.25) is 0 Å². The molecular weight excluding hydrogens is 970 g/mol. The minimum atomic E-state index is -0.168. The number of aromatic nitrogens is 2. The summed E-state index contributed by atoms with van der Waals surface area (Å²) in [6, 6.07) is 66.5. The SMILES string of the molecule is c1ccc2c(c1)Oc1cc(-n3c4ccccc4c4ccc5c(c43)C3CCCCC3S5)cc3c1B2c1cc2c(cc1O3)B1c3ccccc3Oc3cc(-n4c5ccccc5c5ccc6sc7ccccc7c6c54)cc(c31)O2. The summed E-state index contributed by atoms with van der Waals surface area (Å²) in [6.45, 7) is -0.326. The van der Waals surface area contributed by atoms with Crippen molar-refractivity contribution in [2.45, 2.75) is 41.7 Å². The molecule has 0 bridgehead atoms. The van der Waals surface area contributed by atoms with Crippen molar-refractivity contribution in [1.82, 2.24) is 9.13 Å². The molecule has 0 radical (unpaired) electrons. The van der Waals surface area contributed by atoms with E-state index in [1.807, 2.05) is 11.3 Å². The number of ether oxygens (including phenoxy) is 4. The normalized spacial score (nSPS) is 17.1. The average Bonchev–Trinajstić information content (AvgIpc) is 4.27. The average molecular weight is 1010 g/mol. The summed E-state index contributed by atoms with van der Waals surface area (Å²) in [5.41, 5.74) is 14.8. The maximum atomic E-state index is 7.39. The van der Waals surface area contributed by atoms with E-state index < -0.39 is 0 Å². The molecule has 10 aromatic carbocycles. The van der Waals surface area contributed by atoms with Gasteiger partial charge >= 0.3 is 0 Å². The third kappa shape index (κ3) is 5.30. The predicted octanol–water partition coefficient (Wildman–Crippen LogP) is 13.8. The van der Waals surface area contributed by atoms with E-state index in [-0.39, 0.29) is 13.4 Å². The molecule has 19 rings (SSSR count). The molecule has 5 aliphatic heterocycles. The van der Waals surface area contributed by atoms with E-state index in [9.17, 15) is 0 Å². The van der Waals surface area contributed by atoms with Crippen molar-refractivity contribution in [3.05, 3.63) is 188 Å². The fourth-order valence-corrected chi connectivity index (χ4v) is 17.3. The Morgan fingerprint density at radius 3 is 1.57 bits per heavy atom. The molecule has 1 fully saturated rings. The quantitative estimate of drug-likeness (QED) is 0.162. The number of nitrogens with zero attached hydrogens (tertiary/aromatic N) is 2. The van der Waals surface area contributed by atoms with Crippen LogP contribution in [0.5, 0.6) is 46.0 Å². The summed E-state index contributed by atoms with van der Waals surface area (Å²) >= 11 is 3.95. The van der Waals surface area contributed by atoms with Crippen LogP contribution in [0.4, 0.5) is 0 Å². The summed E-state index contributed by atoms with van der Waals surface area (Å²) < 4.78 is 36.3. The van der Waals surface area contributed by atoms with Crippen molar-refractivity contribution in [3.63, 3.8) is 0 Å². The van der Waals surface area contributed by atoms with Crippen LogP contribution in [0.2, 0.25) is 0 Å². The summed E-state index contributed by atoms with van der Waals surface area (Å²) in [5, 5.41) is 8.17. The van der Waals surface area contributed by atoms with Gasteiger partial charge in [0.2, 0.25) is 0 Å². The highest BCUT2D eigenvalue weighted by Gasteiger charge is 2.46. The second kappa shape index (κ2) is 14.8. The van der Waals surface area contributed by atoms with Gasteiger partial charge < -0.3 is 28.1 Å². The van der Waals surface area contributed by atoms with E-state index in [0.29, 0.717) is 11.2 Å². The smallest absolute Gasteiger partial charge is 0.260 e. The Hall–Kier alpha value is -8.30. The summed E-state index contributed by atoms with van der Waals surface area (Å²) in [5.74, 6) is 7.11. The molecule has 1 saturated carbocycles. The van der Waals surface area contributed by atoms with Crippen LogP contribution >= 0.6 is 23.1 Å². The van der Waals surface area contributed by atoms with Gasteiger partial charge in [0, 0.05) is 87.1 Å². The number of thiophene rings is 1. The van der Waals surface area contributed by atoms with Crippen LogP contribution in [0, 0.1) is 0 Å². The Kier molecular flexibility index (Phi) is 7.96. The van der Waals surface area contributed by atoms with Crippen molar-refractivity contribution in [2.75, 3.05) is 0 Å². The van der Waals surface area contributed by atoms with Crippen LogP contribution in [-0.4, -0.2) is 27.8 Å². The largest absolute Gasteiger partial charge is 0.458 e. The molecule has 6 nitrogen and oxygen atoms in total. The molecule has 0 saturated heterocycles. The van der Waals surface area contributed by atoms with Gasteiger partial charge in [-0.2, -0.15) is 0 Å². The number of thioether (sulfide) groups is 1. The second-order valence-corrected chi connectivity index (χ2v) is 23.9. The third-order valence-corrected chi connectivity index (χ3v) is 20.4. The number of benzene rings is 10. The van der Waals surface area contributed by atoms with Crippen molar-refractivity contribution >= 4 is 133 Å². The number of para-hydroxylation sites is 4. The van der Waals surface area contributed by atoms with E-state index in [1.54, 1.807) is 0 Å². The molecule has 2 atom stereocenters. The molecule has 0 spiro atoms. The molecule has 3 aromatic heterocycles. The number of fused-ring (bicyclic) bond motifs is 22. The lowest BCUT2D eigenvalue weighted by Gasteiger charge is -2.37. The summed E-state index contributed by atoms with van der Waals surface area (Å²) in [7, 11) is 0. The molecule has 0 N–H and O–H groups in total. The Labute approximate surface area is 445 Å². The lowest BCUT2D eigenvalue weighted by Crippen LogP contribution is -2.60. The Morgan fingerprint density at radius 2 is 0.921 bits per heavy atom. The number of rotatable bonds is 2.